The van der Waals surface area contributed by atoms with Gasteiger partial charge in [0.2, 0.25) is 5.91 Å². The van der Waals surface area contributed by atoms with Crippen LogP contribution in [0.15, 0.2) is 24.3 Å². The second kappa shape index (κ2) is 6.72. The van der Waals surface area contributed by atoms with Crippen LogP contribution in [0.3, 0.4) is 0 Å². The predicted octanol–water partition coefficient (Wildman–Crippen LogP) is 1.83. The summed E-state index contributed by atoms with van der Waals surface area (Å²) >= 11 is 0. The highest BCUT2D eigenvalue weighted by atomic mass is 16.2. The molecule has 1 unspecified atom stereocenters. The van der Waals surface area contributed by atoms with E-state index in [9.17, 15) is 4.79 Å². The molecule has 114 valence electrons. The molecule has 21 heavy (non-hydrogen) atoms. The van der Waals surface area contributed by atoms with Crippen molar-refractivity contribution in [1.82, 2.24) is 14.9 Å². The number of hydrogen-bond donors (Lipinski definition) is 2. The molecular weight excluding hydrogens is 264 g/mol. The maximum absolute atomic E-state index is 12.0. The van der Waals surface area contributed by atoms with E-state index in [-0.39, 0.29) is 11.8 Å². The molecule has 1 aromatic heterocycles. The van der Waals surface area contributed by atoms with Crippen molar-refractivity contribution >= 4 is 16.9 Å². The van der Waals surface area contributed by atoms with Crippen LogP contribution in [0, 0.1) is 12.8 Å². The Hall–Kier alpha value is -1.88. The van der Waals surface area contributed by atoms with Gasteiger partial charge in [-0.15, -0.1) is 0 Å². The number of aryl methyl sites for hydroxylation is 1. The first-order valence-electron chi connectivity index (χ1n) is 7.49. The van der Waals surface area contributed by atoms with Gasteiger partial charge in [-0.25, -0.2) is 4.98 Å². The van der Waals surface area contributed by atoms with E-state index in [1.165, 1.54) is 0 Å². The topological polar surface area (TPSA) is 72.9 Å². The second-order valence-electron chi connectivity index (χ2n) is 5.50. The van der Waals surface area contributed by atoms with Crippen molar-refractivity contribution < 1.29 is 4.79 Å². The molecule has 2 aromatic rings. The molecule has 0 bridgehead atoms. The van der Waals surface area contributed by atoms with Gasteiger partial charge in [-0.1, -0.05) is 32.4 Å². The summed E-state index contributed by atoms with van der Waals surface area (Å²) in [5, 5.41) is 2.92. The fourth-order valence-electron chi connectivity index (χ4n) is 2.40. The average molecular weight is 288 g/mol. The maximum Gasteiger partial charge on any atom is 0.237 e. The highest BCUT2D eigenvalue weighted by molar-refractivity contribution is 5.81. The van der Waals surface area contributed by atoms with Crippen LogP contribution in [0.4, 0.5) is 0 Å². The van der Waals surface area contributed by atoms with Crippen LogP contribution in [0.1, 0.15) is 26.1 Å². The lowest BCUT2D eigenvalue weighted by Crippen LogP contribution is -2.45. The number of nitrogens with one attached hydrogen (secondary N) is 1. The molecule has 0 fully saturated rings. The molecule has 0 radical (unpaired) electrons. The number of nitrogens with two attached hydrogens (primary N) is 1. The van der Waals surface area contributed by atoms with Gasteiger partial charge >= 0.3 is 0 Å². The van der Waals surface area contributed by atoms with Gasteiger partial charge in [0.05, 0.1) is 17.1 Å². The number of para-hydroxylation sites is 2. The predicted molar refractivity (Wildman–Crippen MR) is 84.9 cm³/mol. The number of imidazole rings is 1. The molecule has 0 aliphatic heterocycles. The summed E-state index contributed by atoms with van der Waals surface area (Å²) in [6, 6.07) is 7.58. The molecule has 3 N–H and O–H groups in total. The van der Waals surface area contributed by atoms with Crippen molar-refractivity contribution in [2.24, 2.45) is 11.7 Å². The first kappa shape index (κ1) is 15.5. The largest absolute Gasteiger partial charge is 0.353 e. The first-order chi connectivity index (χ1) is 10.0. The highest BCUT2D eigenvalue weighted by Crippen LogP contribution is 2.14. The van der Waals surface area contributed by atoms with E-state index < -0.39 is 6.04 Å². The van der Waals surface area contributed by atoms with E-state index in [1.54, 1.807) is 0 Å². The third kappa shape index (κ3) is 3.42. The second-order valence-corrected chi connectivity index (χ2v) is 5.50. The molecule has 1 aromatic carbocycles. The van der Waals surface area contributed by atoms with E-state index in [2.05, 4.69) is 14.9 Å². The quantitative estimate of drug-likeness (QED) is 0.852. The van der Waals surface area contributed by atoms with Gasteiger partial charge in [0.25, 0.3) is 0 Å². The maximum atomic E-state index is 12.0. The Kier molecular flexibility index (Phi) is 4.96. The number of aromatic nitrogens is 2. The Balaban J connectivity index is 1.97. The zero-order valence-corrected chi connectivity index (χ0v) is 13.0. The van der Waals surface area contributed by atoms with E-state index in [0.29, 0.717) is 13.1 Å². The lowest BCUT2D eigenvalue weighted by atomic mass is 9.99. The summed E-state index contributed by atoms with van der Waals surface area (Å²) in [6.07, 6.45) is 0.903. The fourth-order valence-corrected chi connectivity index (χ4v) is 2.40. The number of hydrogen-bond acceptors (Lipinski definition) is 3. The van der Waals surface area contributed by atoms with Crippen LogP contribution in [-0.2, 0) is 11.3 Å². The van der Waals surface area contributed by atoms with Gasteiger partial charge in [0, 0.05) is 13.1 Å². The Bertz CT molecular complexity index is 620. The van der Waals surface area contributed by atoms with Crippen LogP contribution in [0.25, 0.3) is 11.0 Å². The molecule has 1 heterocycles. The summed E-state index contributed by atoms with van der Waals surface area (Å²) in [5.41, 5.74) is 8.00. The zero-order chi connectivity index (χ0) is 15.4. The molecule has 0 spiro atoms. The Morgan fingerprint density at radius 3 is 2.86 bits per heavy atom. The summed E-state index contributed by atoms with van der Waals surface area (Å²) in [7, 11) is 0. The molecule has 0 aliphatic carbocycles. The Labute approximate surface area is 125 Å². The van der Waals surface area contributed by atoms with Gasteiger partial charge < -0.3 is 15.6 Å². The van der Waals surface area contributed by atoms with Crippen molar-refractivity contribution in [3.05, 3.63) is 30.1 Å². The smallest absolute Gasteiger partial charge is 0.237 e. The van der Waals surface area contributed by atoms with Crippen LogP contribution in [0.2, 0.25) is 0 Å². The van der Waals surface area contributed by atoms with Gasteiger partial charge in [-0.2, -0.15) is 0 Å². The van der Waals surface area contributed by atoms with E-state index in [1.807, 2.05) is 45.0 Å². The molecule has 0 saturated carbocycles. The SMILES string of the molecule is CCC(C)[C@H](N)C(=O)NCCn1c(C)nc2ccccc21. The fraction of sp³-hybridized carbons (Fsp3) is 0.500. The van der Waals surface area contributed by atoms with E-state index >= 15 is 0 Å². The van der Waals surface area contributed by atoms with Gasteiger partial charge in [0.15, 0.2) is 0 Å². The minimum atomic E-state index is -0.435. The minimum absolute atomic E-state index is 0.0774. The lowest BCUT2D eigenvalue weighted by molar-refractivity contribution is -0.123. The van der Waals surface area contributed by atoms with Crippen molar-refractivity contribution in [3.63, 3.8) is 0 Å². The number of nitrogens with zero attached hydrogens (tertiary/aromatic N) is 2. The number of fused-ring (bicyclic) bond motifs is 1. The number of amides is 1. The third-order valence-electron chi connectivity index (χ3n) is 4.04. The first-order valence-corrected chi connectivity index (χ1v) is 7.49. The van der Waals surface area contributed by atoms with Crippen molar-refractivity contribution in [2.75, 3.05) is 6.54 Å². The molecule has 0 aliphatic rings. The molecule has 2 rings (SSSR count). The molecule has 5 nitrogen and oxygen atoms in total. The number of carbonyl (C=O) groups is 1. The third-order valence-corrected chi connectivity index (χ3v) is 4.04. The van der Waals surface area contributed by atoms with Crippen LogP contribution in [0.5, 0.6) is 0 Å². The van der Waals surface area contributed by atoms with Gasteiger partial charge in [-0.05, 0) is 25.0 Å². The number of benzene rings is 1. The Morgan fingerprint density at radius 2 is 2.14 bits per heavy atom. The van der Waals surface area contributed by atoms with Crippen molar-refractivity contribution in [3.8, 4) is 0 Å². The number of carbonyl (C=O) groups excluding carboxylic acids is 1. The van der Waals surface area contributed by atoms with Crippen LogP contribution >= 0.6 is 0 Å². The summed E-state index contributed by atoms with van der Waals surface area (Å²) in [5.74, 6) is 1.07. The standard InChI is InChI=1S/C16H24N4O/c1-4-11(2)15(17)16(21)18-9-10-20-12(3)19-13-7-5-6-8-14(13)20/h5-8,11,15H,4,9-10,17H2,1-3H3,(H,18,21)/t11?,15-/m0/s1. The van der Waals surface area contributed by atoms with Crippen LogP contribution < -0.4 is 11.1 Å². The average Bonchev–Trinajstić information content (AvgIpc) is 2.81. The summed E-state index contributed by atoms with van der Waals surface area (Å²) in [4.78, 5) is 16.5. The van der Waals surface area contributed by atoms with E-state index in [0.717, 1.165) is 23.3 Å². The van der Waals surface area contributed by atoms with E-state index in [4.69, 9.17) is 5.73 Å². The van der Waals surface area contributed by atoms with Crippen LogP contribution in [-0.4, -0.2) is 28.0 Å². The van der Waals surface area contributed by atoms with Crippen molar-refractivity contribution in [2.45, 2.75) is 39.8 Å². The van der Waals surface area contributed by atoms with Gasteiger partial charge in [0.1, 0.15) is 5.82 Å². The Morgan fingerprint density at radius 1 is 1.43 bits per heavy atom. The lowest BCUT2D eigenvalue weighted by Gasteiger charge is -2.18. The normalized spacial score (nSPS) is 14.1. The summed E-state index contributed by atoms with van der Waals surface area (Å²) < 4.78 is 2.12. The molecule has 5 heteroatoms. The molecule has 2 atom stereocenters. The zero-order valence-electron chi connectivity index (χ0n) is 13.0. The van der Waals surface area contributed by atoms with Gasteiger partial charge in [-0.3, -0.25) is 4.79 Å². The van der Waals surface area contributed by atoms with Crippen molar-refractivity contribution in [1.29, 1.82) is 0 Å². The summed E-state index contributed by atoms with van der Waals surface area (Å²) in [6.45, 7) is 7.28. The monoisotopic (exact) mass is 288 g/mol. The minimum Gasteiger partial charge on any atom is -0.353 e. The molecular formula is C16H24N4O. The molecule has 1 amide bonds. The number of rotatable bonds is 6. The molecule has 0 saturated heterocycles. The highest BCUT2D eigenvalue weighted by Gasteiger charge is 2.18.